The number of guanidine groups is 1. The molecule has 0 amide bonds. The fourth-order valence-electron chi connectivity index (χ4n) is 3.05. The van der Waals surface area contributed by atoms with Gasteiger partial charge in [0.1, 0.15) is 0 Å². The molecular formula is C15H30N4. The van der Waals surface area contributed by atoms with Gasteiger partial charge in [-0.25, -0.2) is 0 Å². The van der Waals surface area contributed by atoms with Crippen molar-refractivity contribution in [3.8, 4) is 0 Å². The lowest BCUT2D eigenvalue weighted by atomic mass is 9.93. The highest BCUT2D eigenvalue weighted by Gasteiger charge is 2.28. The van der Waals surface area contributed by atoms with E-state index in [1.165, 1.54) is 58.4 Å². The van der Waals surface area contributed by atoms with Gasteiger partial charge in [-0.2, -0.15) is 0 Å². The van der Waals surface area contributed by atoms with E-state index in [9.17, 15) is 0 Å². The van der Waals surface area contributed by atoms with Gasteiger partial charge in [-0.15, -0.1) is 0 Å². The molecule has 4 heteroatoms. The van der Waals surface area contributed by atoms with Crippen molar-refractivity contribution in [2.24, 2.45) is 10.9 Å². The first-order valence-corrected chi connectivity index (χ1v) is 7.97. The number of nitrogens with one attached hydrogen (secondary N) is 1. The van der Waals surface area contributed by atoms with Crippen LogP contribution in [0.2, 0.25) is 0 Å². The van der Waals surface area contributed by atoms with E-state index in [1.807, 2.05) is 7.05 Å². The van der Waals surface area contributed by atoms with Crippen molar-refractivity contribution >= 4 is 5.96 Å². The van der Waals surface area contributed by atoms with Crippen LogP contribution in [0, 0.1) is 5.92 Å². The molecular weight excluding hydrogens is 236 g/mol. The summed E-state index contributed by atoms with van der Waals surface area (Å²) in [6.45, 7) is 10.4. The molecule has 19 heavy (non-hydrogen) atoms. The average Bonchev–Trinajstić information content (AvgIpc) is 2.83. The van der Waals surface area contributed by atoms with E-state index in [0.29, 0.717) is 6.04 Å². The van der Waals surface area contributed by atoms with Crippen molar-refractivity contribution in [1.82, 2.24) is 15.1 Å². The maximum absolute atomic E-state index is 4.46. The molecule has 2 rings (SSSR count). The summed E-state index contributed by atoms with van der Waals surface area (Å²) in [5.74, 6) is 1.94. The summed E-state index contributed by atoms with van der Waals surface area (Å²) in [6.07, 6.45) is 5.31. The zero-order valence-corrected chi connectivity index (χ0v) is 12.9. The van der Waals surface area contributed by atoms with Crippen LogP contribution in [0.5, 0.6) is 0 Å². The molecule has 1 aliphatic carbocycles. The highest BCUT2D eigenvalue weighted by molar-refractivity contribution is 5.80. The van der Waals surface area contributed by atoms with Crippen molar-refractivity contribution in [3.63, 3.8) is 0 Å². The zero-order chi connectivity index (χ0) is 13.7. The molecule has 1 heterocycles. The summed E-state index contributed by atoms with van der Waals surface area (Å²) >= 11 is 0. The molecule has 1 aliphatic heterocycles. The van der Waals surface area contributed by atoms with Crippen LogP contribution in [0.3, 0.4) is 0 Å². The van der Waals surface area contributed by atoms with E-state index in [-0.39, 0.29) is 0 Å². The summed E-state index contributed by atoms with van der Waals surface area (Å²) in [5.41, 5.74) is 0. The second-order valence-electron chi connectivity index (χ2n) is 5.91. The fraction of sp³-hybridized carbons (Fsp3) is 0.933. The molecule has 0 radical (unpaired) electrons. The van der Waals surface area contributed by atoms with Crippen LogP contribution in [-0.2, 0) is 0 Å². The Hall–Kier alpha value is -0.770. The summed E-state index contributed by atoms with van der Waals surface area (Å²) in [4.78, 5) is 9.45. The average molecular weight is 266 g/mol. The Morgan fingerprint density at radius 3 is 2.53 bits per heavy atom. The lowest BCUT2D eigenvalue weighted by Gasteiger charge is -2.31. The molecule has 110 valence electrons. The fourth-order valence-corrected chi connectivity index (χ4v) is 3.05. The van der Waals surface area contributed by atoms with E-state index in [1.54, 1.807) is 0 Å². The molecule has 1 atom stereocenters. The third kappa shape index (κ3) is 3.85. The molecule has 0 aromatic heterocycles. The first kappa shape index (κ1) is 14.6. The Balaban J connectivity index is 1.79. The largest absolute Gasteiger partial charge is 0.354 e. The second-order valence-corrected chi connectivity index (χ2v) is 5.91. The van der Waals surface area contributed by atoms with E-state index in [0.717, 1.165) is 11.9 Å². The zero-order valence-electron chi connectivity index (χ0n) is 12.9. The van der Waals surface area contributed by atoms with Gasteiger partial charge in [-0.1, -0.05) is 13.8 Å². The van der Waals surface area contributed by atoms with Crippen molar-refractivity contribution in [2.75, 3.05) is 39.8 Å². The van der Waals surface area contributed by atoms with Crippen molar-refractivity contribution in [1.29, 1.82) is 0 Å². The number of hydrogen-bond acceptors (Lipinski definition) is 2. The highest BCUT2D eigenvalue weighted by Crippen LogP contribution is 2.21. The summed E-state index contributed by atoms with van der Waals surface area (Å²) in [6, 6.07) is 0.681. The first-order chi connectivity index (χ1) is 9.26. The lowest BCUT2D eigenvalue weighted by molar-refractivity contribution is 0.255. The predicted molar refractivity (Wildman–Crippen MR) is 81.6 cm³/mol. The lowest BCUT2D eigenvalue weighted by Crippen LogP contribution is -2.47. The van der Waals surface area contributed by atoms with Gasteiger partial charge in [0.2, 0.25) is 0 Å². The van der Waals surface area contributed by atoms with Gasteiger partial charge in [0.25, 0.3) is 0 Å². The van der Waals surface area contributed by atoms with Gasteiger partial charge >= 0.3 is 0 Å². The number of nitrogens with zero attached hydrogens (tertiary/aromatic N) is 3. The topological polar surface area (TPSA) is 30.9 Å². The van der Waals surface area contributed by atoms with Crippen LogP contribution in [0.15, 0.2) is 4.99 Å². The van der Waals surface area contributed by atoms with Crippen LogP contribution in [-0.4, -0.2) is 61.6 Å². The SMILES string of the molecule is CCN(CC)CC1CCN(C(=NC)NC2CCC2)C1. The number of aliphatic imine (C=N–C) groups is 1. The Bertz CT molecular complexity index is 295. The number of likely N-dealkylation sites (tertiary alicyclic amines) is 1. The minimum absolute atomic E-state index is 0.681. The molecule has 1 unspecified atom stereocenters. The molecule has 1 saturated heterocycles. The molecule has 1 saturated carbocycles. The van der Waals surface area contributed by atoms with Crippen LogP contribution < -0.4 is 5.32 Å². The molecule has 2 aliphatic rings. The summed E-state index contributed by atoms with van der Waals surface area (Å²) < 4.78 is 0. The van der Waals surface area contributed by atoms with Gasteiger partial charge in [0, 0.05) is 32.7 Å². The van der Waals surface area contributed by atoms with Crippen LogP contribution >= 0.6 is 0 Å². The third-order valence-corrected chi connectivity index (χ3v) is 4.65. The van der Waals surface area contributed by atoms with Crippen LogP contribution in [0.1, 0.15) is 39.5 Å². The van der Waals surface area contributed by atoms with Gasteiger partial charge in [0.05, 0.1) is 0 Å². The van der Waals surface area contributed by atoms with Crippen molar-refractivity contribution < 1.29 is 0 Å². The molecule has 0 bridgehead atoms. The molecule has 0 aromatic carbocycles. The van der Waals surface area contributed by atoms with E-state index in [4.69, 9.17) is 0 Å². The van der Waals surface area contributed by atoms with E-state index < -0.39 is 0 Å². The molecule has 0 spiro atoms. The molecule has 1 N–H and O–H groups in total. The van der Waals surface area contributed by atoms with E-state index >= 15 is 0 Å². The van der Waals surface area contributed by atoms with Crippen molar-refractivity contribution in [3.05, 3.63) is 0 Å². The van der Waals surface area contributed by atoms with Crippen LogP contribution in [0.4, 0.5) is 0 Å². The van der Waals surface area contributed by atoms with Crippen LogP contribution in [0.25, 0.3) is 0 Å². The molecule has 0 aromatic rings. The summed E-state index contributed by atoms with van der Waals surface area (Å²) in [7, 11) is 1.92. The molecule has 2 fully saturated rings. The minimum Gasteiger partial charge on any atom is -0.354 e. The number of hydrogen-bond donors (Lipinski definition) is 1. The van der Waals surface area contributed by atoms with E-state index in [2.05, 4.69) is 34.0 Å². The van der Waals surface area contributed by atoms with Gasteiger partial charge in [0.15, 0.2) is 5.96 Å². The Labute approximate surface area is 118 Å². The van der Waals surface area contributed by atoms with Gasteiger partial charge in [-0.3, -0.25) is 4.99 Å². The second kappa shape index (κ2) is 7.13. The van der Waals surface area contributed by atoms with Gasteiger partial charge in [-0.05, 0) is 44.7 Å². The smallest absolute Gasteiger partial charge is 0.193 e. The van der Waals surface area contributed by atoms with Crippen molar-refractivity contribution in [2.45, 2.75) is 45.6 Å². The molecule has 4 nitrogen and oxygen atoms in total. The highest BCUT2D eigenvalue weighted by atomic mass is 15.3. The monoisotopic (exact) mass is 266 g/mol. The summed E-state index contributed by atoms with van der Waals surface area (Å²) in [5, 5.41) is 3.61. The standard InChI is InChI=1S/C15H30N4/c1-4-18(5-2)11-13-9-10-19(12-13)15(16-3)17-14-7-6-8-14/h13-14H,4-12H2,1-3H3,(H,16,17). The third-order valence-electron chi connectivity index (χ3n) is 4.65. The Morgan fingerprint density at radius 1 is 1.26 bits per heavy atom. The maximum atomic E-state index is 4.46. The van der Waals surface area contributed by atoms with Gasteiger partial charge < -0.3 is 15.1 Å². The number of rotatable bonds is 5. The predicted octanol–water partition coefficient (Wildman–Crippen LogP) is 1.78. The maximum Gasteiger partial charge on any atom is 0.193 e. The normalized spacial score (nSPS) is 24.9. The Morgan fingerprint density at radius 2 is 2.00 bits per heavy atom. The quantitative estimate of drug-likeness (QED) is 0.608. The minimum atomic E-state index is 0.681. The Kier molecular flexibility index (Phi) is 5.49. The first-order valence-electron chi connectivity index (χ1n) is 7.97.